The Morgan fingerprint density at radius 2 is 1.93 bits per heavy atom. The first kappa shape index (κ1) is 23.2. The fraction of sp³-hybridized carbons (Fsp3) is 0.333. The van der Waals surface area contributed by atoms with Crippen LogP contribution in [0, 0.1) is 0 Å². The van der Waals surface area contributed by atoms with Crippen molar-refractivity contribution >= 4 is 40.7 Å². The highest BCUT2D eigenvalue weighted by Crippen LogP contribution is 2.40. The van der Waals surface area contributed by atoms with Gasteiger partial charge in [-0.05, 0) is 25.5 Å². The van der Waals surface area contributed by atoms with Crippen molar-refractivity contribution in [2.75, 3.05) is 20.3 Å². The molecule has 1 N–H and O–H groups in total. The number of hydrogen-bond acceptors (Lipinski definition) is 8. The average molecular weight is 433 g/mol. The number of aliphatic hydroxyl groups excluding tert-OH is 1. The highest BCUT2D eigenvalue weighted by molar-refractivity contribution is 8.18. The van der Waals surface area contributed by atoms with Gasteiger partial charge in [-0.15, -0.1) is 0 Å². The lowest BCUT2D eigenvalue weighted by molar-refractivity contribution is -0.143. The number of para-hydroxylation sites is 1. The summed E-state index contributed by atoms with van der Waals surface area (Å²) >= 11 is 0.986. The zero-order valence-corrected chi connectivity index (χ0v) is 17.8. The largest absolute Gasteiger partial charge is 0.506 e. The second-order valence-electron chi connectivity index (χ2n) is 6.02. The molecule has 0 bridgehead atoms. The Morgan fingerprint density at radius 3 is 2.60 bits per heavy atom. The van der Waals surface area contributed by atoms with Crippen LogP contribution in [0.2, 0.25) is 0 Å². The number of rotatable bonds is 8. The lowest BCUT2D eigenvalue weighted by Crippen LogP contribution is -2.14. The number of hydrogen-bond donors (Lipinski definition) is 1. The third-order valence-corrected chi connectivity index (χ3v) is 4.86. The van der Waals surface area contributed by atoms with E-state index < -0.39 is 17.8 Å². The van der Waals surface area contributed by atoms with Crippen LogP contribution < -0.4 is 4.74 Å². The van der Waals surface area contributed by atoms with Gasteiger partial charge in [0.15, 0.2) is 6.61 Å². The van der Waals surface area contributed by atoms with Gasteiger partial charge in [0.25, 0.3) is 0 Å². The summed E-state index contributed by atoms with van der Waals surface area (Å²) in [5.41, 5.74) is 0.408. The van der Waals surface area contributed by atoms with E-state index in [2.05, 4.69) is 9.73 Å². The van der Waals surface area contributed by atoms with E-state index in [0.29, 0.717) is 22.6 Å². The van der Waals surface area contributed by atoms with E-state index in [0.717, 1.165) is 11.8 Å². The maximum absolute atomic E-state index is 12.3. The minimum absolute atomic E-state index is 0.0867. The summed E-state index contributed by atoms with van der Waals surface area (Å²) in [5.74, 6) is -1.64. The normalized spacial score (nSPS) is 16.1. The van der Waals surface area contributed by atoms with E-state index >= 15 is 0 Å². The summed E-state index contributed by atoms with van der Waals surface area (Å²) in [7, 11) is 1.26. The van der Waals surface area contributed by atoms with Crippen molar-refractivity contribution in [1.29, 1.82) is 0 Å². The van der Waals surface area contributed by atoms with E-state index in [4.69, 9.17) is 9.47 Å². The van der Waals surface area contributed by atoms with Gasteiger partial charge < -0.3 is 19.3 Å². The van der Waals surface area contributed by atoms with Crippen molar-refractivity contribution in [3.05, 3.63) is 46.1 Å². The molecule has 1 aromatic rings. The van der Waals surface area contributed by atoms with Crippen LogP contribution in [0.15, 0.2) is 45.5 Å². The molecule has 1 aromatic carbocycles. The molecule has 0 atom stereocenters. The molecule has 1 aliphatic rings. The van der Waals surface area contributed by atoms with E-state index in [1.54, 1.807) is 37.3 Å². The van der Waals surface area contributed by atoms with Gasteiger partial charge in [0.1, 0.15) is 22.1 Å². The molecule has 1 heterocycles. The molecule has 1 amide bonds. The summed E-state index contributed by atoms with van der Waals surface area (Å²) < 4.78 is 15.0. The standard InChI is InChI=1S/C21H23NO7S/c1-4-8-16(23)22-20-18(21(26)28-5-2)19(25)15(30-20)11-13-9-6-7-10-14(13)29-12-17(24)27-3/h6-7,9-11,25H,4-5,8,12H2,1-3H3/b15-11-,22-20?. The third-order valence-electron chi connectivity index (χ3n) is 3.84. The quantitative estimate of drug-likeness (QED) is 0.621. The Labute approximate surface area is 178 Å². The number of aliphatic imine (C=N–C) groups is 1. The van der Waals surface area contributed by atoms with Crippen molar-refractivity contribution in [2.45, 2.75) is 26.7 Å². The molecule has 160 valence electrons. The number of nitrogens with zero attached hydrogens (tertiary/aromatic N) is 1. The second-order valence-corrected chi connectivity index (χ2v) is 7.05. The van der Waals surface area contributed by atoms with E-state index in [9.17, 15) is 19.5 Å². The molecule has 0 aromatic heterocycles. The maximum atomic E-state index is 12.3. The summed E-state index contributed by atoms with van der Waals surface area (Å²) in [4.78, 5) is 40.0. The molecule has 2 rings (SSSR count). The maximum Gasteiger partial charge on any atom is 0.344 e. The van der Waals surface area contributed by atoms with Gasteiger partial charge in [-0.3, -0.25) is 4.79 Å². The van der Waals surface area contributed by atoms with Crippen LogP contribution in [0.4, 0.5) is 0 Å². The first-order valence-electron chi connectivity index (χ1n) is 9.32. The highest BCUT2D eigenvalue weighted by atomic mass is 32.2. The van der Waals surface area contributed by atoms with Gasteiger partial charge >= 0.3 is 11.9 Å². The molecule has 0 spiro atoms. The average Bonchev–Trinajstić information content (AvgIpc) is 3.02. The summed E-state index contributed by atoms with van der Waals surface area (Å²) in [6, 6.07) is 6.85. The van der Waals surface area contributed by atoms with Crippen LogP contribution in [0.5, 0.6) is 5.75 Å². The number of carbonyl (C=O) groups excluding carboxylic acids is 3. The van der Waals surface area contributed by atoms with Crippen molar-refractivity contribution in [2.24, 2.45) is 4.99 Å². The first-order valence-corrected chi connectivity index (χ1v) is 10.1. The predicted molar refractivity (Wildman–Crippen MR) is 113 cm³/mol. The minimum atomic E-state index is -0.760. The molecule has 9 heteroatoms. The van der Waals surface area contributed by atoms with Gasteiger partial charge in [0, 0.05) is 12.0 Å². The summed E-state index contributed by atoms with van der Waals surface area (Å²) in [6.07, 6.45) is 2.42. The van der Waals surface area contributed by atoms with E-state index in [1.165, 1.54) is 7.11 Å². The molecular weight excluding hydrogens is 410 g/mol. The van der Waals surface area contributed by atoms with Crippen LogP contribution in [-0.4, -0.2) is 48.3 Å². The SMILES string of the molecule is CCCC(=O)N=C1S/C(=C\c2ccccc2OCC(=O)OC)C(O)=C1C(=O)OCC. The number of ether oxygens (including phenoxy) is 3. The fourth-order valence-corrected chi connectivity index (χ4v) is 3.47. The van der Waals surface area contributed by atoms with Crippen LogP contribution in [0.3, 0.4) is 0 Å². The first-order chi connectivity index (χ1) is 14.4. The van der Waals surface area contributed by atoms with Crippen molar-refractivity contribution < 1.29 is 33.7 Å². The molecule has 0 saturated heterocycles. The number of aliphatic hydroxyl groups is 1. The number of thioether (sulfide) groups is 1. The third kappa shape index (κ3) is 5.96. The number of amides is 1. The molecule has 0 saturated carbocycles. The molecule has 30 heavy (non-hydrogen) atoms. The zero-order chi connectivity index (χ0) is 22.1. The molecule has 0 unspecified atom stereocenters. The molecule has 8 nitrogen and oxygen atoms in total. The monoisotopic (exact) mass is 433 g/mol. The minimum Gasteiger partial charge on any atom is -0.506 e. The Bertz CT molecular complexity index is 918. The van der Waals surface area contributed by atoms with Gasteiger partial charge in [0.05, 0.1) is 18.6 Å². The Balaban J connectivity index is 2.42. The Morgan fingerprint density at radius 1 is 1.20 bits per heavy atom. The second kappa shape index (κ2) is 11.2. The number of benzene rings is 1. The fourth-order valence-electron chi connectivity index (χ4n) is 2.44. The van der Waals surface area contributed by atoms with Gasteiger partial charge in [-0.1, -0.05) is 36.9 Å². The van der Waals surface area contributed by atoms with Crippen molar-refractivity contribution in [3.8, 4) is 5.75 Å². The number of methoxy groups -OCH3 is 1. The molecule has 0 aliphatic carbocycles. The smallest absolute Gasteiger partial charge is 0.344 e. The van der Waals surface area contributed by atoms with Crippen LogP contribution in [0.25, 0.3) is 6.08 Å². The van der Waals surface area contributed by atoms with Gasteiger partial charge in [0.2, 0.25) is 5.91 Å². The van der Waals surface area contributed by atoms with Crippen molar-refractivity contribution in [3.63, 3.8) is 0 Å². The molecular formula is C21H23NO7S. The van der Waals surface area contributed by atoms with Gasteiger partial charge in [-0.2, -0.15) is 0 Å². The number of esters is 2. The van der Waals surface area contributed by atoms with Crippen LogP contribution >= 0.6 is 11.8 Å². The summed E-state index contributed by atoms with van der Waals surface area (Å²) in [6.45, 7) is 3.32. The summed E-state index contributed by atoms with van der Waals surface area (Å²) in [5, 5.41) is 10.7. The van der Waals surface area contributed by atoms with Crippen LogP contribution in [0.1, 0.15) is 32.3 Å². The molecule has 1 aliphatic heterocycles. The van der Waals surface area contributed by atoms with Gasteiger partial charge in [-0.25, -0.2) is 14.6 Å². The lowest BCUT2D eigenvalue weighted by Gasteiger charge is -2.08. The van der Waals surface area contributed by atoms with Crippen molar-refractivity contribution in [1.82, 2.24) is 0 Å². The van der Waals surface area contributed by atoms with E-state index in [1.807, 2.05) is 6.92 Å². The zero-order valence-electron chi connectivity index (χ0n) is 17.0. The highest BCUT2D eigenvalue weighted by Gasteiger charge is 2.33. The topological polar surface area (TPSA) is 111 Å². The molecule has 0 radical (unpaired) electrons. The number of carbonyl (C=O) groups is 3. The lowest BCUT2D eigenvalue weighted by atomic mass is 10.1. The predicted octanol–water partition coefficient (Wildman–Crippen LogP) is 3.43. The Hall–Kier alpha value is -3.07. The molecule has 0 fully saturated rings. The van der Waals surface area contributed by atoms with Crippen LogP contribution in [-0.2, 0) is 23.9 Å². The van der Waals surface area contributed by atoms with E-state index in [-0.39, 0.29) is 36.0 Å². The Kier molecular flexibility index (Phi) is 8.67.